The Hall–Kier alpha value is -0.910. The molecule has 106 valence electrons. The summed E-state index contributed by atoms with van der Waals surface area (Å²) in [6.07, 6.45) is 7.14. The normalized spacial score (nSPS) is 19.7. The Labute approximate surface area is 114 Å². The fraction of sp³-hybridized carbons (Fsp3) is 0.786. The van der Waals surface area contributed by atoms with Gasteiger partial charge in [-0.15, -0.1) is 0 Å². The lowest BCUT2D eigenvalue weighted by Gasteiger charge is -2.12. The van der Waals surface area contributed by atoms with Crippen LogP contribution in [0.4, 0.5) is 0 Å². The van der Waals surface area contributed by atoms with Crippen molar-refractivity contribution in [3.8, 4) is 0 Å². The van der Waals surface area contributed by atoms with Crippen molar-refractivity contribution in [3.05, 3.63) is 17.0 Å². The van der Waals surface area contributed by atoms with Gasteiger partial charge in [0.05, 0.1) is 5.69 Å². The van der Waals surface area contributed by atoms with E-state index in [1.165, 1.54) is 42.6 Å². The lowest BCUT2D eigenvalue weighted by atomic mass is 10.1. The van der Waals surface area contributed by atoms with Crippen LogP contribution in [0.5, 0.6) is 0 Å². The number of aryl methyl sites for hydroxylation is 1. The molecule has 0 radical (unpaired) electrons. The van der Waals surface area contributed by atoms with Gasteiger partial charge in [0.2, 0.25) is 0 Å². The van der Waals surface area contributed by atoms with Crippen molar-refractivity contribution < 1.29 is 5.21 Å². The van der Waals surface area contributed by atoms with Crippen molar-refractivity contribution in [2.45, 2.75) is 64.1 Å². The number of hydrogen-bond donors (Lipinski definition) is 3. The second-order valence-electron chi connectivity index (χ2n) is 5.81. The molecule has 3 N–H and O–H groups in total. The van der Waals surface area contributed by atoms with Crippen LogP contribution in [-0.4, -0.2) is 27.6 Å². The third-order valence-electron chi connectivity index (χ3n) is 4.17. The summed E-state index contributed by atoms with van der Waals surface area (Å²) in [6, 6.07) is 1.09. The summed E-state index contributed by atoms with van der Waals surface area (Å²) in [5.74, 6) is 0. The molecule has 1 atom stereocenters. The van der Waals surface area contributed by atoms with Crippen molar-refractivity contribution in [2.24, 2.45) is 0 Å². The fourth-order valence-electron chi connectivity index (χ4n) is 3.06. The summed E-state index contributed by atoms with van der Waals surface area (Å²) in [5, 5.41) is 17.1. The molecule has 19 heavy (non-hydrogen) atoms. The van der Waals surface area contributed by atoms with Gasteiger partial charge in [-0.3, -0.25) is 4.68 Å². The van der Waals surface area contributed by atoms with Crippen molar-refractivity contribution in [2.75, 3.05) is 6.54 Å². The van der Waals surface area contributed by atoms with E-state index in [0.29, 0.717) is 12.6 Å². The number of rotatable bonds is 7. The van der Waals surface area contributed by atoms with Gasteiger partial charge in [0.1, 0.15) is 0 Å². The number of hydrogen-bond acceptors (Lipinski definition) is 4. The van der Waals surface area contributed by atoms with Crippen LogP contribution in [0, 0.1) is 0 Å². The molecule has 1 heterocycles. The number of nitrogens with one attached hydrogen (secondary N) is 2. The summed E-state index contributed by atoms with van der Waals surface area (Å²) in [4.78, 5) is 0. The Morgan fingerprint density at radius 1 is 1.42 bits per heavy atom. The quantitative estimate of drug-likeness (QED) is 0.516. The van der Waals surface area contributed by atoms with Gasteiger partial charge in [-0.05, 0) is 51.0 Å². The minimum atomic E-state index is 0.372. The van der Waals surface area contributed by atoms with E-state index in [-0.39, 0.29) is 0 Å². The molecular formula is C14H24N4O. The minimum Gasteiger partial charge on any atom is -0.317 e. The van der Waals surface area contributed by atoms with Crippen LogP contribution in [0.1, 0.15) is 55.6 Å². The molecule has 1 fully saturated rings. The van der Waals surface area contributed by atoms with Crippen molar-refractivity contribution >= 4 is 0 Å². The van der Waals surface area contributed by atoms with E-state index in [1.807, 2.05) is 0 Å². The van der Waals surface area contributed by atoms with E-state index < -0.39 is 0 Å². The third kappa shape index (κ3) is 2.83. The second-order valence-corrected chi connectivity index (χ2v) is 5.81. The molecule has 1 saturated carbocycles. The predicted molar refractivity (Wildman–Crippen MR) is 73.2 cm³/mol. The fourth-order valence-corrected chi connectivity index (χ4v) is 3.06. The summed E-state index contributed by atoms with van der Waals surface area (Å²) in [5.41, 5.74) is 6.39. The van der Waals surface area contributed by atoms with Crippen LogP contribution in [0.25, 0.3) is 0 Å². The highest BCUT2D eigenvalue weighted by Crippen LogP contribution is 2.31. The van der Waals surface area contributed by atoms with Gasteiger partial charge in [0.15, 0.2) is 0 Å². The molecule has 1 aromatic rings. The number of nitrogens with zero attached hydrogens (tertiary/aromatic N) is 2. The highest BCUT2D eigenvalue weighted by atomic mass is 16.5. The van der Waals surface area contributed by atoms with Crippen molar-refractivity contribution in [1.82, 2.24) is 20.6 Å². The molecule has 2 aliphatic carbocycles. The van der Waals surface area contributed by atoms with Gasteiger partial charge in [-0.1, -0.05) is 0 Å². The third-order valence-corrected chi connectivity index (χ3v) is 4.17. The van der Waals surface area contributed by atoms with E-state index in [1.54, 1.807) is 0 Å². The Bertz CT molecular complexity index is 439. The lowest BCUT2D eigenvalue weighted by Crippen LogP contribution is -2.22. The smallest absolute Gasteiger partial charge is 0.0826 e. The Kier molecular flexibility index (Phi) is 3.86. The molecule has 1 aromatic heterocycles. The van der Waals surface area contributed by atoms with Crippen molar-refractivity contribution in [3.63, 3.8) is 0 Å². The summed E-state index contributed by atoms with van der Waals surface area (Å²) in [7, 11) is 0. The zero-order chi connectivity index (χ0) is 13.2. The number of fused-ring (bicyclic) bond motifs is 1. The van der Waals surface area contributed by atoms with E-state index >= 15 is 0 Å². The summed E-state index contributed by atoms with van der Waals surface area (Å²) >= 11 is 0. The molecule has 0 spiro atoms. The molecule has 0 unspecified atom stereocenters. The second kappa shape index (κ2) is 5.61. The first-order chi connectivity index (χ1) is 9.29. The molecule has 0 bridgehead atoms. The van der Waals surface area contributed by atoms with Gasteiger partial charge < -0.3 is 10.5 Å². The van der Waals surface area contributed by atoms with Crippen LogP contribution in [0.15, 0.2) is 0 Å². The van der Waals surface area contributed by atoms with Crippen molar-refractivity contribution in [1.29, 1.82) is 0 Å². The highest BCUT2D eigenvalue weighted by Gasteiger charge is 2.29. The molecule has 0 aliphatic heterocycles. The molecule has 3 rings (SSSR count). The Morgan fingerprint density at radius 3 is 3.00 bits per heavy atom. The summed E-state index contributed by atoms with van der Waals surface area (Å²) < 4.78 is 2.17. The first-order valence-corrected chi connectivity index (χ1v) is 7.51. The standard InChI is InChI=1S/C14H24N4O/c1-10(16-11-6-7-11)14-12-4-2-5-13(12)18(17-14)9-3-8-15-19/h10-11,15-16,19H,2-9H2,1H3/t10-/m1/s1. The van der Waals surface area contributed by atoms with Crippen LogP contribution >= 0.6 is 0 Å². The SMILES string of the molecule is C[C@@H](NC1CC1)c1nn(CCCNO)c2c1CCC2. The molecule has 0 amide bonds. The Morgan fingerprint density at radius 2 is 2.26 bits per heavy atom. The van der Waals surface area contributed by atoms with Gasteiger partial charge in [0, 0.05) is 30.9 Å². The molecule has 5 heteroatoms. The van der Waals surface area contributed by atoms with Crippen LogP contribution < -0.4 is 10.8 Å². The van der Waals surface area contributed by atoms with E-state index in [2.05, 4.69) is 22.4 Å². The minimum absolute atomic E-state index is 0.372. The van der Waals surface area contributed by atoms with Gasteiger partial charge in [-0.2, -0.15) is 5.10 Å². The highest BCUT2D eigenvalue weighted by molar-refractivity contribution is 5.32. The monoisotopic (exact) mass is 264 g/mol. The predicted octanol–water partition coefficient (Wildman–Crippen LogP) is 1.55. The van der Waals surface area contributed by atoms with Gasteiger partial charge in [0.25, 0.3) is 0 Å². The van der Waals surface area contributed by atoms with Crippen LogP contribution in [0.2, 0.25) is 0 Å². The maximum atomic E-state index is 8.65. The zero-order valence-electron chi connectivity index (χ0n) is 11.7. The van der Waals surface area contributed by atoms with Gasteiger partial charge in [-0.25, -0.2) is 5.48 Å². The molecular weight excluding hydrogens is 240 g/mol. The maximum Gasteiger partial charge on any atom is 0.0826 e. The largest absolute Gasteiger partial charge is 0.317 e. The van der Waals surface area contributed by atoms with Gasteiger partial charge >= 0.3 is 0 Å². The first kappa shape index (κ1) is 13.1. The van der Waals surface area contributed by atoms with E-state index in [4.69, 9.17) is 10.3 Å². The maximum absolute atomic E-state index is 8.65. The lowest BCUT2D eigenvalue weighted by molar-refractivity contribution is 0.163. The average molecular weight is 264 g/mol. The molecule has 0 aromatic carbocycles. The number of hydroxylamine groups is 1. The topological polar surface area (TPSA) is 62.1 Å². The molecule has 2 aliphatic rings. The number of aromatic nitrogens is 2. The zero-order valence-corrected chi connectivity index (χ0v) is 11.7. The van der Waals surface area contributed by atoms with Crippen LogP contribution in [-0.2, 0) is 19.4 Å². The first-order valence-electron chi connectivity index (χ1n) is 7.51. The molecule has 5 nitrogen and oxygen atoms in total. The van der Waals surface area contributed by atoms with Crippen LogP contribution in [0.3, 0.4) is 0 Å². The summed E-state index contributed by atoms with van der Waals surface area (Å²) in [6.45, 7) is 3.75. The Balaban J connectivity index is 1.74. The van der Waals surface area contributed by atoms with E-state index in [9.17, 15) is 0 Å². The van der Waals surface area contributed by atoms with E-state index in [0.717, 1.165) is 25.4 Å². The average Bonchev–Trinajstić information content (AvgIpc) is 2.96. The molecule has 0 saturated heterocycles.